The van der Waals surface area contributed by atoms with Crippen LogP contribution in [0.1, 0.15) is 0 Å². The Morgan fingerprint density at radius 2 is 2.00 bits per heavy atom. The molecule has 0 saturated carbocycles. The molecule has 0 unspecified atom stereocenters. The Hall–Kier alpha value is -0.0466. The number of aromatic nitrogens is 1. The summed E-state index contributed by atoms with van der Waals surface area (Å²) in [5.41, 5.74) is 1.01. The molecule has 52 valence electrons. The minimum atomic E-state index is 0. The monoisotopic (exact) mass is 230 g/mol. The minimum absolute atomic E-state index is 0. The summed E-state index contributed by atoms with van der Waals surface area (Å²) in [6, 6.07) is 7.97. The zero-order chi connectivity index (χ0) is 6.97. The molecule has 0 aliphatic heterocycles. The molecule has 0 atom stereocenters. The molecule has 0 N–H and O–H groups in total. The van der Waals surface area contributed by atoms with Crippen LogP contribution in [-0.2, 0) is 32.1 Å². The van der Waals surface area contributed by atoms with Crippen LogP contribution in [0.2, 0.25) is 0 Å². The van der Waals surface area contributed by atoms with Crippen molar-refractivity contribution in [3.63, 3.8) is 0 Å². The van der Waals surface area contributed by atoms with Crippen molar-refractivity contribution in [2.45, 2.75) is 4.34 Å². The van der Waals surface area contributed by atoms with Crippen molar-refractivity contribution in [1.82, 2.24) is 4.98 Å². The molecule has 0 spiro atoms. The van der Waals surface area contributed by atoms with Crippen molar-refractivity contribution in [3.8, 4) is 0 Å². The van der Waals surface area contributed by atoms with Crippen molar-refractivity contribution in [2.75, 3.05) is 0 Å². The first-order valence-corrected chi connectivity index (χ1v) is 4.11. The predicted molar refractivity (Wildman–Crippen MR) is 45.3 cm³/mol. The van der Waals surface area contributed by atoms with Crippen molar-refractivity contribution < 1.29 is 19.5 Å². The van der Waals surface area contributed by atoms with Gasteiger partial charge in [0.05, 0.1) is 5.52 Å². The normalized spacial score (nSPS) is 9.45. The summed E-state index contributed by atoms with van der Waals surface area (Å²) >= 11 is 6.48. The molecule has 1 nitrogen and oxygen atoms in total. The summed E-state index contributed by atoms with van der Waals surface area (Å²) < 4.78 is 1.90. The van der Waals surface area contributed by atoms with E-state index in [4.69, 9.17) is 12.6 Å². The number of hydrogen-bond acceptors (Lipinski definition) is 3. The van der Waals surface area contributed by atoms with Crippen LogP contribution in [0.3, 0.4) is 0 Å². The number of nitrogens with zero attached hydrogens (tertiary/aromatic N) is 1. The maximum absolute atomic E-state index is 4.92. The summed E-state index contributed by atoms with van der Waals surface area (Å²) in [5.74, 6) is 0. The Kier molecular flexibility index (Phi) is 2.93. The third-order valence-electron chi connectivity index (χ3n) is 1.27. The fourth-order valence-corrected chi connectivity index (χ4v) is 1.92. The fraction of sp³-hybridized carbons (Fsp3) is 0. The van der Waals surface area contributed by atoms with Gasteiger partial charge >= 0.3 is 0 Å². The van der Waals surface area contributed by atoms with Crippen molar-refractivity contribution >= 4 is 34.2 Å². The molecule has 4 heteroatoms. The second-order valence-corrected chi connectivity index (χ2v) is 3.62. The van der Waals surface area contributed by atoms with Gasteiger partial charge in [-0.05, 0) is 15.1 Å². The van der Waals surface area contributed by atoms with Crippen LogP contribution in [0.4, 0.5) is 0 Å². The van der Waals surface area contributed by atoms with E-state index in [0.717, 1.165) is 9.86 Å². The van der Waals surface area contributed by atoms with Gasteiger partial charge in [-0.3, -0.25) is 4.98 Å². The van der Waals surface area contributed by atoms with Crippen LogP contribution in [0.5, 0.6) is 0 Å². The van der Waals surface area contributed by atoms with Crippen LogP contribution in [0.25, 0.3) is 10.2 Å². The quantitative estimate of drug-likeness (QED) is 0.509. The Balaban J connectivity index is 0.000000605. The van der Waals surface area contributed by atoms with Gasteiger partial charge in [0, 0.05) is 19.5 Å². The van der Waals surface area contributed by atoms with Crippen LogP contribution in [-0.4, -0.2) is 4.98 Å². The number of rotatable bonds is 0. The third-order valence-corrected chi connectivity index (χ3v) is 2.45. The van der Waals surface area contributed by atoms with E-state index in [-0.39, 0.29) is 19.5 Å². The maximum Gasteiger partial charge on any atom is 0.0600 e. The molecule has 0 bridgehead atoms. The van der Waals surface area contributed by atoms with Crippen molar-refractivity contribution in [3.05, 3.63) is 24.3 Å². The molecule has 0 aliphatic rings. The summed E-state index contributed by atoms with van der Waals surface area (Å²) in [5, 5.41) is 0. The van der Waals surface area contributed by atoms with Crippen LogP contribution in [0.15, 0.2) is 28.6 Å². The first-order valence-electron chi connectivity index (χ1n) is 2.89. The van der Waals surface area contributed by atoms with E-state index >= 15 is 0 Å². The van der Waals surface area contributed by atoms with E-state index in [1.165, 1.54) is 4.70 Å². The molecule has 11 heavy (non-hydrogen) atoms. The molecular formula is C7H4NS2Zn-. The molecule has 1 aromatic heterocycles. The van der Waals surface area contributed by atoms with Gasteiger partial charge in [-0.1, -0.05) is 18.2 Å². The van der Waals surface area contributed by atoms with E-state index in [1.54, 1.807) is 11.3 Å². The molecule has 0 amide bonds. The number of para-hydroxylation sites is 1. The summed E-state index contributed by atoms with van der Waals surface area (Å²) in [7, 11) is 0. The number of benzene rings is 1. The van der Waals surface area contributed by atoms with E-state index in [1.807, 2.05) is 24.3 Å². The van der Waals surface area contributed by atoms with Gasteiger partial charge < -0.3 is 24.0 Å². The van der Waals surface area contributed by atoms with Crippen molar-refractivity contribution in [1.29, 1.82) is 0 Å². The molecule has 0 saturated heterocycles. The number of thiazole rings is 1. The van der Waals surface area contributed by atoms with Crippen LogP contribution in [0, 0.1) is 0 Å². The molecule has 0 fully saturated rings. The Labute approximate surface area is 87.0 Å². The Morgan fingerprint density at radius 3 is 2.73 bits per heavy atom. The molecule has 1 heterocycles. The first kappa shape index (κ1) is 9.04. The molecule has 2 rings (SSSR count). The average molecular weight is 232 g/mol. The van der Waals surface area contributed by atoms with Gasteiger partial charge in [0.2, 0.25) is 0 Å². The second kappa shape index (κ2) is 3.57. The number of fused-ring (bicyclic) bond motifs is 1. The molecule has 1 aromatic carbocycles. The van der Waals surface area contributed by atoms with E-state index < -0.39 is 0 Å². The molecule has 2 aromatic rings. The predicted octanol–water partition coefficient (Wildman–Crippen LogP) is 2.20. The minimum Gasteiger partial charge on any atom is -0.408 e. The molecule has 0 radical (unpaired) electrons. The number of hydrogen-bond donors (Lipinski definition) is 0. The molecule has 0 aliphatic carbocycles. The van der Waals surface area contributed by atoms with E-state index in [2.05, 4.69) is 4.98 Å². The largest absolute Gasteiger partial charge is 0.408 e. The van der Waals surface area contributed by atoms with Gasteiger partial charge in [-0.15, -0.1) is 0 Å². The van der Waals surface area contributed by atoms with Gasteiger partial charge in [-0.25, -0.2) is 0 Å². The Morgan fingerprint density at radius 1 is 1.27 bits per heavy atom. The Bertz CT molecular complexity index is 325. The smallest absolute Gasteiger partial charge is 0.0600 e. The first-order chi connectivity index (χ1) is 4.86. The molecular weight excluding hydrogens is 228 g/mol. The van der Waals surface area contributed by atoms with Gasteiger partial charge in [-0.2, -0.15) is 0 Å². The van der Waals surface area contributed by atoms with Crippen LogP contribution >= 0.6 is 11.3 Å². The topological polar surface area (TPSA) is 12.9 Å². The average Bonchev–Trinajstić information content (AvgIpc) is 2.27. The van der Waals surface area contributed by atoms with Gasteiger partial charge in [0.25, 0.3) is 0 Å². The summed E-state index contributed by atoms with van der Waals surface area (Å²) in [6.07, 6.45) is 0. The summed E-state index contributed by atoms with van der Waals surface area (Å²) in [4.78, 5) is 4.15. The summed E-state index contributed by atoms with van der Waals surface area (Å²) in [6.45, 7) is 0. The van der Waals surface area contributed by atoms with Gasteiger partial charge in [0.1, 0.15) is 0 Å². The fourth-order valence-electron chi connectivity index (χ4n) is 0.851. The zero-order valence-electron chi connectivity index (χ0n) is 5.78. The van der Waals surface area contributed by atoms with Crippen molar-refractivity contribution in [2.24, 2.45) is 0 Å². The van der Waals surface area contributed by atoms with Crippen LogP contribution < -0.4 is 0 Å². The standard InChI is InChI=1S/C7H5NS2.Zn/c9-7-8-5-3-1-2-4-6(5)10-7;/h1-4H,(H,8,9);/p-1. The second-order valence-electron chi connectivity index (χ2n) is 1.95. The third kappa shape index (κ3) is 1.75. The SMILES string of the molecule is [S-]c1nc2ccccc2s1.[Zn]. The zero-order valence-corrected chi connectivity index (χ0v) is 10.4. The maximum atomic E-state index is 4.92. The van der Waals surface area contributed by atoms with E-state index in [9.17, 15) is 0 Å². The van der Waals surface area contributed by atoms with Gasteiger partial charge in [0.15, 0.2) is 0 Å². The van der Waals surface area contributed by atoms with E-state index in [0.29, 0.717) is 0 Å².